The average molecular weight is 349 g/mol. The summed E-state index contributed by atoms with van der Waals surface area (Å²) >= 11 is 6.01. The second kappa shape index (κ2) is 6.70. The van der Waals surface area contributed by atoms with Gasteiger partial charge in [-0.3, -0.25) is 4.98 Å². The highest BCUT2D eigenvalue weighted by Gasteiger charge is 2.21. The molecule has 8 heteroatoms. The largest absolute Gasteiger partial charge is 0.365 e. The quantitative estimate of drug-likeness (QED) is 0.693. The van der Waals surface area contributed by atoms with Gasteiger partial charge in [-0.25, -0.2) is 4.39 Å². The first kappa shape index (κ1) is 16.6. The van der Waals surface area contributed by atoms with Gasteiger partial charge in [0.05, 0.1) is 11.1 Å². The van der Waals surface area contributed by atoms with E-state index in [9.17, 15) is 4.39 Å². The van der Waals surface area contributed by atoms with Gasteiger partial charge in [0.2, 0.25) is 5.28 Å². The van der Waals surface area contributed by atoms with E-state index in [2.05, 4.69) is 20.3 Å². The fourth-order valence-electron chi connectivity index (χ4n) is 2.63. The molecule has 126 valence electrons. The second-order valence-corrected chi connectivity index (χ2v) is 6.09. The van der Waals surface area contributed by atoms with Gasteiger partial charge in [0.25, 0.3) is 0 Å². The lowest BCUT2D eigenvalue weighted by atomic mass is 10.2. The second-order valence-electron chi connectivity index (χ2n) is 5.76. The number of fused-ring (bicyclic) bond motifs is 1. The van der Waals surface area contributed by atoms with Gasteiger partial charge < -0.3 is 15.6 Å². The van der Waals surface area contributed by atoms with Crippen molar-refractivity contribution < 1.29 is 4.39 Å². The van der Waals surface area contributed by atoms with E-state index in [0.717, 1.165) is 5.56 Å². The zero-order valence-corrected chi connectivity index (χ0v) is 14.2. The van der Waals surface area contributed by atoms with Crippen LogP contribution in [0.25, 0.3) is 11.0 Å². The Balaban J connectivity index is 2.04. The molecule has 1 atom stereocenters. The van der Waals surface area contributed by atoms with Crippen molar-refractivity contribution in [2.75, 3.05) is 5.32 Å². The van der Waals surface area contributed by atoms with Crippen LogP contribution in [0.15, 0.2) is 24.5 Å². The van der Waals surface area contributed by atoms with Crippen molar-refractivity contribution in [3.63, 3.8) is 0 Å². The summed E-state index contributed by atoms with van der Waals surface area (Å²) in [7, 11) is 1.75. The van der Waals surface area contributed by atoms with Crippen molar-refractivity contribution in [2.45, 2.75) is 25.9 Å². The van der Waals surface area contributed by atoms with E-state index >= 15 is 0 Å². The molecule has 0 saturated carbocycles. The van der Waals surface area contributed by atoms with Gasteiger partial charge in [-0.05, 0) is 30.2 Å². The molecule has 3 aromatic heterocycles. The number of halogens is 2. The molecular weight excluding hydrogens is 331 g/mol. The highest BCUT2D eigenvalue weighted by Crippen LogP contribution is 2.30. The molecule has 0 radical (unpaired) electrons. The molecule has 0 unspecified atom stereocenters. The molecule has 24 heavy (non-hydrogen) atoms. The summed E-state index contributed by atoms with van der Waals surface area (Å²) in [5.74, 6) is -0.00645. The first-order valence-corrected chi connectivity index (χ1v) is 7.93. The van der Waals surface area contributed by atoms with Crippen LogP contribution < -0.4 is 11.1 Å². The molecule has 3 N–H and O–H groups in total. The number of nitrogens with two attached hydrogens (primary N) is 1. The van der Waals surface area contributed by atoms with E-state index in [4.69, 9.17) is 17.3 Å². The number of hydrogen-bond acceptors (Lipinski definition) is 5. The summed E-state index contributed by atoms with van der Waals surface area (Å²) in [5.41, 5.74) is 7.70. The van der Waals surface area contributed by atoms with Crippen molar-refractivity contribution in [2.24, 2.45) is 12.8 Å². The van der Waals surface area contributed by atoms with Crippen LogP contribution in [0.5, 0.6) is 0 Å². The van der Waals surface area contributed by atoms with Crippen LogP contribution >= 0.6 is 11.6 Å². The third kappa shape index (κ3) is 3.18. The maximum atomic E-state index is 14.9. The van der Waals surface area contributed by atoms with Gasteiger partial charge in [0.15, 0.2) is 5.82 Å². The molecule has 0 fully saturated rings. The summed E-state index contributed by atoms with van der Waals surface area (Å²) in [6.07, 6.45) is 3.83. The van der Waals surface area contributed by atoms with Gasteiger partial charge in [0.1, 0.15) is 11.5 Å². The number of hydrogen-bond donors (Lipinski definition) is 2. The highest BCUT2D eigenvalue weighted by molar-refractivity contribution is 6.28. The van der Waals surface area contributed by atoms with Gasteiger partial charge >= 0.3 is 0 Å². The van der Waals surface area contributed by atoms with Crippen LogP contribution in [0.2, 0.25) is 5.28 Å². The Bertz CT molecular complexity index is 862. The molecule has 6 nitrogen and oxygen atoms in total. The van der Waals surface area contributed by atoms with Crippen molar-refractivity contribution in [1.29, 1.82) is 0 Å². The van der Waals surface area contributed by atoms with Crippen molar-refractivity contribution in [3.8, 4) is 0 Å². The van der Waals surface area contributed by atoms with E-state index in [1.165, 1.54) is 0 Å². The first-order valence-electron chi connectivity index (χ1n) is 7.56. The average Bonchev–Trinajstić information content (AvgIpc) is 2.78. The lowest BCUT2D eigenvalue weighted by molar-refractivity contribution is 0.586. The summed E-state index contributed by atoms with van der Waals surface area (Å²) in [4.78, 5) is 12.4. The summed E-state index contributed by atoms with van der Waals surface area (Å²) in [6.45, 7) is 2.28. The van der Waals surface area contributed by atoms with E-state index in [0.29, 0.717) is 35.5 Å². The standard InChI is InChI=1S/C16H18ClFN6/c1-9(19)6-11-13(18)12-14(21-8-10-4-3-5-20-7-10)22-16(17)23-15(12)24(11)2/h3-5,7,9H,6,8,19H2,1-2H3,(H,21,22,23)/t9-/m0/s1. The number of anilines is 1. The number of nitrogens with zero attached hydrogens (tertiary/aromatic N) is 4. The molecule has 0 bridgehead atoms. The van der Waals surface area contributed by atoms with Crippen molar-refractivity contribution in [1.82, 2.24) is 19.5 Å². The van der Waals surface area contributed by atoms with Crippen LogP contribution in [0.4, 0.5) is 10.2 Å². The van der Waals surface area contributed by atoms with Gasteiger partial charge in [-0.1, -0.05) is 6.07 Å². The monoisotopic (exact) mass is 348 g/mol. The molecule has 3 heterocycles. The fourth-order valence-corrected chi connectivity index (χ4v) is 2.80. The van der Waals surface area contributed by atoms with Crippen LogP contribution in [0.1, 0.15) is 18.2 Å². The molecule has 0 amide bonds. The Kier molecular flexibility index (Phi) is 4.64. The van der Waals surface area contributed by atoms with Gasteiger partial charge in [-0.15, -0.1) is 0 Å². The molecule has 0 aromatic carbocycles. The minimum Gasteiger partial charge on any atom is -0.365 e. The fraction of sp³-hybridized carbons (Fsp3) is 0.312. The highest BCUT2D eigenvalue weighted by atomic mass is 35.5. The Morgan fingerprint density at radius 2 is 2.21 bits per heavy atom. The number of nitrogens with one attached hydrogen (secondary N) is 1. The summed E-state index contributed by atoms with van der Waals surface area (Å²) < 4.78 is 16.6. The third-order valence-corrected chi connectivity index (χ3v) is 3.93. The molecule has 0 aliphatic rings. The topological polar surface area (TPSA) is 81.7 Å². The van der Waals surface area contributed by atoms with Crippen LogP contribution in [-0.4, -0.2) is 25.6 Å². The Hall–Kier alpha value is -2.25. The molecular formula is C16H18ClFN6. The van der Waals surface area contributed by atoms with Gasteiger partial charge in [0, 0.05) is 38.4 Å². The van der Waals surface area contributed by atoms with E-state index in [1.807, 2.05) is 19.1 Å². The number of pyridine rings is 1. The zero-order chi connectivity index (χ0) is 17.3. The molecule has 3 aromatic rings. The lowest BCUT2D eigenvalue weighted by Gasteiger charge is -2.07. The predicted octanol–water partition coefficient (Wildman–Crippen LogP) is 2.66. The number of aromatic nitrogens is 4. The van der Waals surface area contributed by atoms with Crippen molar-refractivity contribution >= 4 is 28.5 Å². The summed E-state index contributed by atoms with van der Waals surface area (Å²) in [6, 6.07) is 3.59. The summed E-state index contributed by atoms with van der Waals surface area (Å²) in [5, 5.41) is 3.50. The normalized spacial score (nSPS) is 12.5. The Labute approximate surface area is 143 Å². The minimum atomic E-state index is -0.366. The SMILES string of the molecule is C[C@H](N)Cc1c(F)c2c(NCc3cccnc3)nc(Cl)nc2n1C. The Morgan fingerprint density at radius 1 is 1.42 bits per heavy atom. The smallest absolute Gasteiger partial charge is 0.226 e. The minimum absolute atomic E-state index is 0.0594. The number of aryl methyl sites for hydroxylation is 1. The molecule has 3 rings (SSSR count). The van der Waals surface area contributed by atoms with Crippen LogP contribution in [0.3, 0.4) is 0 Å². The van der Waals surface area contributed by atoms with E-state index < -0.39 is 0 Å². The van der Waals surface area contributed by atoms with Gasteiger partial charge in [-0.2, -0.15) is 9.97 Å². The predicted molar refractivity (Wildman–Crippen MR) is 92.4 cm³/mol. The Morgan fingerprint density at radius 3 is 2.88 bits per heavy atom. The van der Waals surface area contributed by atoms with Crippen LogP contribution in [-0.2, 0) is 20.0 Å². The lowest BCUT2D eigenvalue weighted by Crippen LogP contribution is -2.20. The van der Waals surface area contributed by atoms with Crippen LogP contribution in [0, 0.1) is 5.82 Å². The van der Waals surface area contributed by atoms with E-state index in [1.54, 1.807) is 24.0 Å². The third-order valence-electron chi connectivity index (χ3n) is 3.76. The van der Waals surface area contributed by atoms with Crippen molar-refractivity contribution in [3.05, 3.63) is 46.9 Å². The molecule has 0 aliphatic heterocycles. The molecule has 0 spiro atoms. The molecule has 0 saturated heterocycles. The maximum Gasteiger partial charge on any atom is 0.226 e. The first-order chi connectivity index (χ1) is 11.5. The zero-order valence-electron chi connectivity index (χ0n) is 13.4. The molecule has 0 aliphatic carbocycles. The maximum absolute atomic E-state index is 14.9. The number of rotatable bonds is 5. The van der Waals surface area contributed by atoms with E-state index in [-0.39, 0.29) is 17.1 Å².